The molecule has 0 aliphatic rings. The van der Waals surface area contributed by atoms with E-state index in [-0.39, 0.29) is 5.82 Å². The first-order chi connectivity index (χ1) is 12.1. The topological polar surface area (TPSA) is 47.8 Å². The summed E-state index contributed by atoms with van der Waals surface area (Å²) in [5.74, 6) is 0.182. The lowest BCUT2D eigenvalue weighted by Crippen LogP contribution is -1.99. The van der Waals surface area contributed by atoms with Crippen LogP contribution in [0.3, 0.4) is 0 Å². The Morgan fingerprint density at radius 3 is 2.48 bits per heavy atom. The van der Waals surface area contributed by atoms with Crippen LogP contribution in [0.4, 0.5) is 4.39 Å². The van der Waals surface area contributed by atoms with Crippen LogP contribution in [0, 0.1) is 5.82 Å². The van der Waals surface area contributed by atoms with Crippen molar-refractivity contribution < 1.29 is 8.60 Å². The van der Waals surface area contributed by atoms with Crippen LogP contribution < -0.4 is 0 Å². The second-order valence-corrected chi connectivity index (χ2v) is 6.96. The monoisotopic (exact) mass is 351 g/mol. The number of fused-ring (bicyclic) bond motifs is 1. The fourth-order valence-electron chi connectivity index (χ4n) is 2.81. The second-order valence-electron chi connectivity index (χ2n) is 5.62. The third-order valence-corrected chi connectivity index (χ3v) is 4.94. The molecule has 0 saturated carbocycles. The first-order valence-corrected chi connectivity index (χ1v) is 9.21. The van der Waals surface area contributed by atoms with Gasteiger partial charge in [-0.2, -0.15) is 0 Å². The number of para-hydroxylation sites is 1. The lowest BCUT2D eigenvalue weighted by atomic mass is 10.1. The first-order valence-electron chi connectivity index (χ1n) is 7.65. The normalized spacial score (nSPS) is 12.4. The Hall–Kier alpha value is -2.86. The molecule has 0 N–H and O–H groups in total. The first kappa shape index (κ1) is 15.7. The molecule has 0 amide bonds. The Bertz CT molecular complexity index is 1090. The van der Waals surface area contributed by atoms with E-state index in [2.05, 4.69) is 9.97 Å². The van der Waals surface area contributed by atoms with Gasteiger partial charge in [-0.25, -0.2) is 14.4 Å². The average molecular weight is 351 g/mol. The molecule has 0 spiro atoms. The molecule has 2 aromatic heterocycles. The Labute approximate surface area is 146 Å². The van der Waals surface area contributed by atoms with E-state index in [1.807, 2.05) is 34.9 Å². The Kier molecular flexibility index (Phi) is 3.89. The summed E-state index contributed by atoms with van der Waals surface area (Å²) in [4.78, 5) is 9.56. The molecular formula is C19H14FN3OS. The predicted molar refractivity (Wildman–Crippen MR) is 96.6 cm³/mol. The molecule has 6 heteroatoms. The van der Waals surface area contributed by atoms with Crippen molar-refractivity contribution in [2.24, 2.45) is 0 Å². The minimum absolute atomic E-state index is 0.298. The highest BCUT2D eigenvalue weighted by Crippen LogP contribution is 2.26. The molecule has 0 fully saturated rings. The van der Waals surface area contributed by atoms with Gasteiger partial charge in [0.25, 0.3) is 0 Å². The minimum atomic E-state index is -1.11. The number of aromatic nitrogens is 3. The van der Waals surface area contributed by atoms with Crippen LogP contribution in [0.25, 0.3) is 28.0 Å². The fraction of sp³-hybridized carbons (Fsp3) is 0.0526. The van der Waals surface area contributed by atoms with Crippen molar-refractivity contribution in [1.82, 2.24) is 14.5 Å². The molecule has 0 radical (unpaired) electrons. The number of hydrogen-bond donors (Lipinski definition) is 0. The van der Waals surface area contributed by atoms with Gasteiger partial charge in [0.1, 0.15) is 5.82 Å². The molecule has 4 aromatic rings. The van der Waals surface area contributed by atoms with Crippen LogP contribution in [0.1, 0.15) is 0 Å². The molecule has 0 saturated heterocycles. The van der Waals surface area contributed by atoms with Gasteiger partial charge in [-0.05, 0) is 23.8 Å². The molecule has 4 nitrogen and oxygen atoms in total. The van der Waals surface area contributed by atoms with E-state index >= 15 is 0 Å². The summed E-state index contributed by atoms with van der Waals surface area (Å²) in [6.45, 7) is 0. The number of halogens is 1. The van der Waals surface area contributed by atoms with Crippen LogP contribution >= 0.6 is 0 Å². The maximum atomic E-state index is 13.4. The van der Waals surface area contributed by atoms with Crippen molar-refractivity contribution in [3.8, 4) is 17.1 Å². The summed E-state index contributed by atoms with van der Waals surface area (Å²) in [6.07, 6.45) is 6.78. The van der Waals surface area contributed by atoms with Gasteiger partial charge in [-0.15, -0.1) is 0 Å². The maximum absolute atomic E-state index is 13.4. The second kappa shape index (κ2) is 6.22. The van der Waals surface area contributed by atoms with Crippen molar-refractivity contribution in [3.63, 3.8) is 0 Å². The fourth-order valence-corrected chi connectivity index (χ4v) is 3.54. The highest BCUT2D eigenvalue weighted by molar-refractivity contribution is 7.84. The smallest absolute Gasteiger partial charge is 0.234 e. The van der Waals surface area contributed by atoms with E-state index in [4.69, 9.17) is 0 Å². The average Bonchev–Trinajstić information content (AvgIpc) is 3.02. The van der Waals surface area contributed by atoms with Crippen molar-refractivity contribution >= 4 is 21.7 Å². The Balaban J connectivity index is 1.81. The molecule has 25 heavy (non-hydrogen) atoms. The Morgan fingerprint density at radius 2 is 1.76 bits per heavy atom. The van der Waals surface area contributed by atoms with Gasteiger partial charge >= 0.3 is 0 Å². The van der Waals surface area contributed by atoms with Crippen LogP contribution in [0.2, 0.25) is 0 Å². The molecule has 2 heterocycles. The zero-order valence-corrected chi connectivity index (χ0v) is 14.2. The van der Waals surface area contributed by atoms with E-state index in [1.165, 1.54) is 12.1 Å². The molecule has 1 unspecified atom stereocenters. The standard InChI is InChI=1S/C19H14FN3OS/c1-25(24)18-12-23(17-8-3-2-7-16(17)18)19-21-10-14(11-22-19)13-5-4-6-15(20)9-13/h2-12H,1H3. The molecule has 0 aliphatic heterocycles. The van der Waals surface area contributed by atoms with Gasteiger partial charge in [0.05, 0.1) is 21.2 Å². The third kappa shape index (κ3) is 2.85. The zero-order chi connectivity index (χ0) is 17.4. The van der Waals surface area contributed by atoms with Crippen molar-refractivity contribution in [3.05, 3.63) is 72.9 Å². The summed E-state index contributed by atoms with van der Waals surface area (Å²) >= 11 is 0. The van der Waals surface area contributed by atoms with Crippen molar-refractivity contribution in [1.29, 1.82) is 0 Å². The number of hydrogen-bond acceptors (Lipinski definition) is 3. The van der Waals surface area contributed by atoms with Gasteiger partial charge in [0, 0.05) is 35.8 Å². The number of benzene rings is 2. The van der Waals surface area contributed by atoms with E-state index in [1.54, 1.807) is 30.9 Å². The van der Waals surface area contributed by atoms with Crippen LogP contribution in [0.15, 0.2) is 72.0 Å². The zero-order valence-electron chi connectivity index (χ0n) is 13.4. The quantitative estimate of drug-likeness (QED) is 0.561. The molecule has 0 aliphatic carbocycles. The van der Waals surface area contributed by atoms with Crippen LogP contribution in [-0.4, -0.2) is 25.0 Å². The summed E-state index contributed by atoms with van der Waals surface area (Å²) in [5, 5.41) is 0.918. The number of nitrogens with zero attached hydrogens (tertiary/aromatic N) is 3. The van der Waals surface area contributed by atoms with E-state index in [0.29, 0.717) is 5.95 Å². The summed E-state index contributed by atoms with van der Waals surface area (Å²) in [7, 11) is -1.11. The van der Waals surface area contributed by atoms with Crippen molar-refractivity contribution in [2.75, 3.05) is 6.26 Å². The molecule has 1 atom stereocenters. The minimum Gasteiger partial charge on any atom is -0.284 e. The SMILES string of the molecule is CS(=O)c1cn(-c2ncc(-c3cccc(F)c3)cn2)c2ccccc12. The highest BCUT2D eigenvalue weighted by atomic mass is 32.2. The lowest BCUT2D eigenvalue weighted by molar-refractivity contribution is 0.628. The lowest BCUT2D eigenvalue weighted by Gasteiger charge is -2.05. The maximum Gasteiger partial charge on any atom is 0.234 e. The summed E-state index contributed by atoms with van der Waals surface area (Å²) < 4.78 is 27.2. The summed E-state index contributed by atoms with van der Waals surface area (Å²) in [6, 6.07) is 14.0. The highest BCUT2D eigenvalue weighted by Gasteiger charge is 2.13. The van der Waals surface area contributed by atoms with Gasteiger partial charge in [-0.1, -0.05) is 30.3 Å². The van der Waals surface area contributed by atoms with Crippen LogP contribution in [0.5, 0.6) is 0 Å². The van der Waals surface area contributed by atoms with Crippen LogP contribution in [-0.2, 0) is 10.8 Å². The van der Waals surface area contributed by atoms with Gasteiger partial charge in [-0.3, -0.25) is 8.78 Å². The number of rotatable bonds is 3. The van der Waals surface area contributed by atoms with E-state index in [0.717, 1.165) is 26.9 Å². The molecule has 2 aromatic carbocycles. The van der Waals surface area contributed by atoms with E-state index < -0.39 is 10.8 Å². The summed E-state index contributed by atoms with van der Waals surface area (Å²) in [5.41, 5.74) is 2.35. The van der Waals surface area contributed by atoms with Gasteiger partial charge in [0.2, 0.25) is 5.95 Å². The largest absolute Gasteiger partial charge is 0.284 e. The molecule has 0 bridgehead atoms. The van der Waals surface area contributed by atoms with Gasteiger partial charge < -0.3 is 0 Å². The predicted octanol–water partition coefficient (Wildman–Crippen LogP) is 3.96. The Morgan fingerprint density at radius 1 is 1.00 bits per heavy atom. The third-order valence-electron chi connectivity index (χ3n) is 4.00. The van der Waals surface area contributed by atoms with Gasteiger partial charge in [0.15, 0.2) is 0 Å². The van der Waals surface area contributed by atoms with Crippen molar-refractivity contribution in [2.45, 2.75) is 4.90 Å². The molecule has 124 valence electrons. The van der Waals surface area contributed by atoms with E-state index in [9.17, 15) is 8.60 Å². The molecule has 4 rings (SSSR count). The molecular weight excluding hydrogens is 337 g/mol.